The lowest BCUT2D eigenvalue weighted by molar-refractivity contribution is 0.484. The Balaban J connectivity index is 2.06. The zero-order chi connectivity index (χ0) is 12.6. The van der Waals surface area contributed by atoms with Gasteiger partial charge in [0.15, 0.2) is 9.84 Å². The molecular weight excluding hydrogens is 238 g/mol. The highest BCUT2D eigenvalue weighted by Gasteiger charge is 2.24. The Morgan fingerprint density at radius 1 is 1.47 bits per heavy atom. The smallest absolute Gasteiger partial charge is 0.173 e. The molecule has 1 aliphatic heterocycles. The molecule has 2 unspecified atom stereocenters. The molecule has 0 bridgehead atoms. The number of nitrogens with one attached hydrogen (secondary N) is 1. The van der Waals surface area contributed by atoms with Crippen molar-refractivity contribution in [3.63, 3.8) is 0 Å². The predicted molar refractivity (Wildman–Crippen MR) is 66.4 cm³/mol. The van der Waals surface area contributed by atoms with E-state index in [1.54, 1.807) is 6.08 Å². The average Bonchev–Trinajstić information content (AvgIpc) is 2.69. The highest BCUT2D eigenvalue weighted by atomic mass is 32.2. The van der Waals surface area contributed by atoms with E-state index in [2.05, 4.69) is 5.32 Å². The van der Waals surface area contributed by atoms with Crippen molar-refractivity contribution in [1.29, 1.82) is 0 Å². The Kier molecular flexibility index (Phi) is 3.14. The van der Waals surface area contributed by atoms with Crippen LogP contribution in [-0.4, -0.2) is 20.2 Å². The number of hydrogen-bond donors (Lipinski definition) is 1. The number of aryl methyl sites for hydroxylation is 2. The Hall–Kier alpha value is -1.07. The fourth-order valence-corrected chi connectivity index (χ4v) is 3.42. The lowest BCUT2D eigenvalue weighted by atomic mass is 10.1. The van der Waals surface area contributed by atoms with Crippen LogP contribution in [0.3, 0.4) is 0 Å². The summed E-state index contributed by atoms with van der Waals surface area (Å²) < 4.78 is 28.0. The number of sulfone groups is 1. The van der Waals surface area contributed by atoms with Crippen molar-refractivity contribution in [1.82, 2.24) is 5.32 Å². The zero-order valence-corrected chi connectivity index (χ0v) is 11.0. The summed E-state index contributed by atoms with van der Waals surface area (Å²) in [5.41, 5.74) is 1.08. The van der Waals surface area contributed by atoms with E-state index < -0.39 is 9.84 Å². The summed E-state index contributed by atoms with van der Waals surface area (Å²) in [6.07, 6.45) is 1.70. The molecule has 0 radical (unpaired) electrons. The van der Waals surface area contributed by atoms with Crippen molar-refractivity contribution in [2.24, 2.45) is 0 Å². The van der Waals surface area contributed by atoms with Crippen molar-refractivity contribution in [3.05, 3.63) is 34.6 Å². The van der Waals surface area contributed by atoms with Crippen molar-refractivity contribution in [2.75, 3.05) is 5.75 Å². The summed E-state index contributed by atoms with van der Waals surface area (Å²) in [5, 5.41) is 4.56. The van der Waals surface area contributed by atoms with Crippen LogP contribution in [0.5, 0.6) is 0 Å². The van der Waals surface area contributed by atoms with E-state index >= 15 is 0 Å². The molecule has 17 heavy (non-hydrogen) atoms. The van der Waals surface area contributed by atoms with Gasteiger partial charge in [-0.05, 0) is 26.8 Å². The molecule has 1 aliphatic rings. The maximum Gasteiger partial charge on any atom is 0.173 e. The normalized spacial score (nSPS) is 24.1. The molecule has 0 saturated carbocycles. The predicted octanol–water partition coefficient (Wildman–Crippen LogP) is 1.86. The molecule has 1 aromatic heterocycles. The van der Waals surface area contributed by atoms with Crippen molar-refractivity contribution in [2.45, 2.75) is 32.9 Å². The summed E-state index contributed by atoms with van der Waals surface area (Å²) in [5.74, 6) is 1.90. The SMILES string of the molecule is Cc1cc(C(C)NC2C=CS(=O)(=O)C2)c(C)o1. The largest absolute Gasteiger partial charge is 0.466 e. The molecule has 2 atom stereocenters. The van der Waals surface area contributed by atoms with Gasteiger partial charge in [-0.3, -0.25) is 0 Å². The molecule has 4 nitrogen and oxygen atoms in total. The quantitative estimate of drug-likeness (QED) is 0.895. The van der Waals surface area contributed by atoms with E-state index in [9.17, 15) is 8.42 Å². The molecule has 0 amide bonds. The highest BCUT2D eigenvalue weighted by Crippen LogP contribution is 2.22. The maximum atomic E-state index is 11.3. The van der Waals surface area contributed by atoms with Crippen LogP contribution in [0.1, 0.15) is 30.0 Å². The molecule has 2 heterocycles. The molecule has 94 valence electrons. The van der Waals surface area contributed by atoms with Crippen LogP contribution >= 0.6 is 0 Å². The number of furan rings is 1. The first-order chi connectivity index (χ1) is 7.87. The lowest BCUT2D eigenvalue weighted by Crippen LogP contribution is -2.32. The lowest BCUT2D eigenvalue weighted by Gasteiger charge is -2.17. The first kappa shape index (κ1) is 12.4. The molecule has 0 aromatic carbocycles. The van der Waals surface area contributed by atoms with Gasteiger partial charge in [0.2, 0.25) is 0 Å². The molecule has 0 spiro atoms. The van der Waals surface area contributed by atoms with Crippen LogP contribution < -0.4 is 5.32 Å². The zero-order valence-electron chi connectivity index (χ0n) is 10.2. The molecule has 2 rings (SSSR count). The van der Waals surface area contributed by atoms with Crippen LogP contribution in [0.2, 0.25) is 0 Å². The summed E-state index contributed by atoms with van der Waals surface area (Å²) in [7, 11) is -2.99. The third-order valence-electron chi connectivity index (χ3n) is 2.94. The monoisotopic (exact) mass is 255 g/mol. The van der Waals surface area contributed by atoms with Crippen LogP contribution in [0.4, 0.5) is 0 Å². The van der Waals surface area contributed by atoms with Gasteiger partial charge in [0.1, 0.15) is 11.5 Å². The first-order valence-electron chi connectivity index (χ1n) is 5.61. The van der Waals surface area contributed by atoms with Gasteiger partial charge in [0.05, 0.1) is 5.75 Å². The second kappa shape index (κ2) is 4.31. The van der Waals surface area contributed by atoms with Gasteiger partial charge >= 0.3 is 0 Å². The molecular formula is C12H17NO3S. The summed E-state index contributed by atoms with van der Waals surface area (Å²) >= 11 is 0. The van der Waals surface area contributed by atoms with E-state index in [4.69, 9.17) is 4.42 Å². The molecule has 1 N–H and O–H groups in total. The topological polar surface area (TPSA) is 59.3 Å². The van der Waals surface area contributed by atoms with Crippen LogP contribution in [0, 0.1) is 13.8 Å². The Bertz CT molecular complexity index is 542. The fraction of sp³-hybridized carbons (Fsp3) is 0.500. The van der Waals surface area contributed by atoms with Crippen molar-refractivity contribution < 1.29 is 12.8 Å². The molecule has 0 aliphatic carbocycles. The van der Waals surface area contributed by atoms with E-state index in [0.29, 0.717) is 0 Å². The number of hydrogen-bond acceptors (Lipinski definition) is 4. The Labute approximate surface area is 102 Å². The summed E-state index contributed by atoms with van der Waals surface area (Å²) in [4.78, 5) is 0. The third kappa shape index (κ3) is 2.79. The van der Waals surface area contributed by atoms with Crippen molar-refractivity contribution in [3.8, 4) is 0 Å². The average molecular weight is 255 g/mol. The highest BCUT2D eigenvalue weighted by molar-refractivity contribution is 7.94. The molecule has 0 saturated heterocycles. The fourth-order valence-electron chi connectivity index (χ4n) is 2.17. The van der Waals surface area contributed by atoms with Gasteiger partial charge in [-0.1, -0.05) is 6.08 Å². The second-order valence-corrected chi connectivity index (χ2v) is 6.45. The van der Waals surface area contributed by atoms with Gasteiger partial charge in [0, 0.05) is 23.1 Å². The number of rotatable bonds is 3. The second-order valence-electron chi connectivity index (χ2n) is 4.52. The van der Waals surface area contributed by atoms with Crippen molar-refractivity contribution >= 4 is 9.84 Å². The summed E-state index contributed by atoms with van der Waals surface area (Å²) in [6.45, 7) is 5.83. The minimum atomic E-state index is -2.99. The van der Waals surface area contributed by atoms with E-state index in [-0.39, 0.29) is 17.8 Å². The van der Waals surface area contributed by atoms with E-state index in [0.717, 1.165) is 17.1 Å². The minimum Gasteiger partial charge on any atom is -0.466 e. The summed E-state index contributed by atoms with van der Waals surface area (Å²) in [6, 6.07) is 1.96. The third-order valence-corrected chi connectivity index (χ3v) is 4.34. The van der Waals surface area contributed by atoms with Gasteiger partial charge in [-0.25, -0.2) is 8.42 Å². The van der Waals surface area contributed by atoms with E-state index in [1.165, 1.54) is 5.41 Å². The van der Waals surface area contributed by atoms with Gasteiger partial charge in [-0.15, -0.1) is 0 Å². The molecule has 5 heteroatoms. The molecule has 0 fully saturated rings. The van der Waals surface area contributed by atoms with Gasteiger partial charge in [-0.2, -0.15) is 0 Å². The van der Waals surface area contributed by atoms with Crippen LogP contribution in [-0.2, 0) is 9.84 Å². The Morgan fingerprint density at radius 3 is 2.65 bits per heavy atom. The van der Waals surface area contributed by atoms with E-state index in [1.807, 2.05) is 26.8 Å². The van der Waals surface area contributed by atoms with Crippen LogP contribution in [0.25, 0.3) is 0 Å². The van der Waals surface area contributed by atoms with Gasteiger partial charge < -0.3 is 9.73 Å². The first-order valence-corrected chi connectivity index (χ1v) is 7.33. The van der Waals surface area contributed by atoms with Crippen LogP contribution in [0.15, 0.2) is 22.0 Å². The minimum absolute atomic E-state index is 0.0791. The van der Waals surface area contributed by atoms with Gasteiger partial charge in [0.25, 0.3) is 0 Å². The Morgan fingerprint density at radius 2 is 2.18 bits per heavy atom. The maximum absolute atomic E-state index is 11.3. The molecule has 1 aromatic rings. The standard InChI is InChI=1S/C12H17NO3S/c1-8-6-12(10(3)16-8)9(2)13-11-4-5-17(14,15)7-11/h4-6,9,11,13H,7H2,1-3H3.